The van der Waals surface area contributed by atoms with Gasteiger partial charge < -0.3 is 0 Å². The van der Waals surface area contributed by atoms with Crippen LogP contribution in [0.3, 0.4) is 0 Å². The normalized spacial score (nSPS) is 22.9. The zero-order valence-corrected chi connectivity index (χ0v) is 20.0. The van der Waals surface area contributed by atoms with Crippen LogP contribution in [0.25, 0.3) is 0 Å². The second-order valence-corrected chi connectivity index (χ2v) is 10.7. The van der Waals surface area contributed by atoms with E-state index in [1.807, 2.05) is 45.5 Å². The molecule has 1 aliphatic heterocycles. The summed E-state index contributed by atoms with van der Waals surface area (Å²) < 4.78 is 0. The Hall–Kier alpha value is -2.30. The molecule has 2 fully saturated rings. The van der Waals surface area contributed by atoms with Crippen molar-refractivity contribution in [3.63, 3.8) is 0 Å². The minimum absolute atomic E-state index is 0.0656. The highest BCUT2D eigenvalue weighted by Crippen LogP contribution is 2.39. The largest absolute Gasteiger partial charge is 0.290 e. The fraction of sp³-hybridized carbons (Fsp3) is 0.630. The molecule has 1 unspecified atom stereocenters. The standard InChI is InChI=1S/C27H39N3O2/c1-27(2,3)30(26(32)23-17-11-6-12-18-23)29-20-19-28(24(29)21-13-7-4-8-14-21)25(31)22-15-9-5-10-16-22/h4,7-8,13-14,19-20,22-24H,5-6,9-12,15-18H2,1-3H3. The molecule has 5 heteroatoms. The topological polar surface area (TPSA) is 43.9 Å². The van der Waals surface area contributed by atoms with Crippen LogP contribution >= 0.6 is 0 Å². The van der Waals surface area contributed by atoms with Gasteiger partial charge in [-0.3, -0.25) is 19.5 Å². The summed E-state index contributed by atoms with van der Waals surface area (Å²) in [4.78, 5) is 29.3. The van der Waals surface area contributed by atoms with E-state index in [2.05, 4.69) is 32.9 Å². The maximum Gasteiger partial charge on any atom is 0.244 e. The Kier molecular flexibility index (Phi) is 6.92. The lowest BCUT2D eigenvalue weighted by Crippen LogP contribution is -2.57. The van der Waals surface area contributed by atoms with Crippen molar-refractivity contribution in [1.82, 2.24) is 14.9 Å². The first-order valence-corrected chi connectivity index (χ1v) is 12.6. The molecular formula is C27H39N3O2. The Morgan fingerprint density at radius 2 is 1.38 bits per heavy atom. The van der Waals surface area contributed by atoms with Crippen molar-refractivity contribution in [2.45, 2.75) is 96.7 Å². The highest BCUT2D eigenvalue weighted by molar-refractivity contribution is 5.82. The average Bonchev–Trinajstić information content (AvgIpc) is 3.23. The summed E-state index contributed by atoms with van der Waals surface area (Å²) >= 11 is 0. The third-order valence-electron chi connectivity index (χ3n) is 7.23. The Bertz CT molecular complexity index is 817. The third-order valence-corrected chi connectivity index (χ3v) is 7.23. The van der Waals surface area contributed by atoms with Gasteiger partial charge >= 0.3 is 0 Å². The van der Waals surface area contributed by atoms with E-state index in [0.29, 0.717) is 0 Å². The lowest BCUT2D eigenvalue weighted by Gasteiger charge is -2.47. The minimum Gasteiger partial charge on any atom is -0.290 e. The van der Waals surface area contributed by atoms with Crippen molar-refractivity contribution in [2.24, 2.45) is 11.8 Å². The van der Waals surface area contributed by atoms with Crippen LogP contribution < -0.4 is 0 Å². The number of rotatable bonds is 4. The Balaban J connectivity index is 1.67. The Morgan fingerprint density at radius 1 is 0.812 bits per heavy atom. The first-order chi connectivity index (χ1) is 15.4. The quantitative estimate of drug-likeness (QED) is 0.580. The molecule has 174 valence electrons. The number of benzene rings is 1. The van der Waals surface area contributed by atoms with E-state index in [9.17, 15) is 9.59 Å². The summed E-state index contributed by atoms with van der Waals surface area (Å²) in [7, 11) is 0. The van der Waals surface area contributed by atoms with E-state index in [4.69, 9.17) is 0 Å². The van der Waals surface area contributed by atoms with Crippen LogP contribution in [0.2, 0.25) is 0 Å². The third kappa shape index (κ3) is 4.72. The molecule has 32 heavy (non-hydrogen) atoms. The lowest BCUT2D eigenvalue weighted by atomic mass is 9.87. The molecule has 0 N–H and O–H groups in total. The van der Waals surface area contributed by atoms with Crippen molar-refractivity contribution in [3.8, 4) is 0 Å². The molecule has 0 radical (unpaired) electrons. The summed E-state index contributed by atoms with van der Waals surface area (Å²) in [6.45, 7) is 6.28. The van der Waals surface area contributed by atoms with Crippen molar-refractivity contribution < 1.29 is 9.59 Å². The van der Waals surface area contributed by atoms with Crippen LogP contribution in [-0.4, -0.2) is 32.3 Å². The molecule has 0 saturated heterocycles. The highest BCUT2D eigenvalue weighted by atomic mass is 16.2. The Morgan fingerprint density at radius 3 is 1.94 bits per heavy atom. The molecule has 0 bridgehead atoms. The molecule has 1 aromatic carbocycles. The number of hydrazine groups is 1. The number of hydrogen-bond donors (Lipinski definition) is 0. The Labute approximate surface area is 193 Å². The van der Waals surface area contributed by atoms with Crippen LogP contribution in [0.15, 0.2) is 42.7 Å². The van der Waals surface area contributed by atoms with Gasteiger partial charge in [-0.25, -0.2) is 5.01 Å². The number of nitrogens with zero attached hydrogens (tertiary/aromatic N) is 3. The van der Waals surface area contributed by atoms with E-state index in [1.54, 1.807) is 0 Å². The van der Waals surface area contributed by atoms with Crippen molar-refractivity contribution in [2.75, 3.05) is 0 Å². The fourth-order valence-corrected chi connectivity index (χ4v) is 5.61. The van der Waals surface area contributed by atoms with Crippen LogP contribution in [0.4, 0.5) is 0 Å². The van der Waals surface area contributed by atoms with Crippen molar-refractivity contribution in [1.29, 1.82) is 0 Å². The molecule has 1 atom stereocenters. The monoisotopic (exact) mass is 437 g/mol. The first-order valence-electron chi connectivity index (χ1n) is 12.6. The molecule has 2 amide bonds. The summed E-state index contributed by atoms with van der Waals surface area (Å²) in [6, 6.07) is 10.2. The van der Waals surface area contributed by atoms with Crippen LogP contribution in [0.1, 0.15) is 96.7 Å². The van der Waals surface area contributed by atoms with Gasteiger partial charge in [0.25, 0.3) is 0 Å². The summed E-state index contributed by atoms with van der Waals surface area (Å²) in [5.41, 5.74) is 0.642. The van der Waals surface area contributed by atoms with Gasteiger partial charge in [-0.1, -0.05) is 68.9 Å². The summed E-state index contributed by atoms with van der Waals surface area (Å²) in [6.07, 6.45) is 14.3. The van der Waals surface area contributed by atoms with Crippen LogP contribution in [0.5, 0.6) is 0 Å². The summed E-state index contributed by atoms with van der Waals surface area (Å²) in [5, 5.41) is 3.97. The van der Waals surface area contributed by atoms with Gasteiger partial charge in [-0.05, 0) is 52.0 Å². The van der Waals surface area contributed by atoms with E-state index in [1.165, 1.54) is 12.8 Å². The van der Waals surface area contributed by atoms with Gasteiger partial charge in [0.15, 0.2) is 6.17 Å². The fourth-order valence-electron chi connectivity index (χ4n) is 5.61. The maximum atomic E-state index is 13.8. The molecule has 2 saturated carbocycles. The van der Waals surface area contributed by atoms with E-state index in [0.717, 1.165) is 56.9 Å². The van der Waals surface area contributed by atoms with Crippen molar-refractivity contribution >= 4 is 11.8 Å². The average molecular weight is 438 g/mol. The first kappa shape index (κ1) is 22.9. The van der Waals surface area contributed by atoms with Gasteiger partial charge in [-0.2, -0.15) is 0 Å². The highest BCUT2D eigenvalue weighted by Gasteiger charge is 2.44. The number of hydrogen-bond acceptors (Lipinski definition) is 3. The molecule has 5 nitrogen and oxygen atoms in total. The SMILES string of the molecule is CC(C)(C)N(C(=O)C1CCCCC1)N1C=CN(C(=O)C2CCCCC2)C1c1ccccc1. The molecule has 1 aromatic rings. The van der Waals surface area contributed by atoms with Gasteiger partial charge in [0.2, 0.25) is 11.8 Å². The van der Waals surface area contributed by atoms with Gasteiger partial charge in [0.05, 0.1) is 5.54 Å². The molecule has 0 spiro atoms. The molecule has 1 heterocycles. The molecule has 2 aliphatic carbocycles. The van der Waals surface area contributed by atoms with Crippen molar-refractivity contribution in [3.05, 3.63) is 48.3 Å². The molecule has 3 aliphatic rings. The summed E-state index contributed by atoms with van der Waals surface area (Å²) in [5.74, 6) is 0.526. The number of carbonyl (C=O) groups is 2. The second-order valence-electron chi connectivity index (χ2n) is 10.7. The van der Waals surface area contributed by atoms with E-state index in [-0.39, 0.29) is 29.8 Å². The molecular weight excluding hydrogens is 398 g/mol. The number of carbonyl (C=O) groups excluding carboxylic acids is 2. The predicted octanol–water partition coefficient (Wildman–Crippen LogP) is 6.00. The van der Waals surface area contributed by atoms with Gasteiger partial charge in [-0.15, -0.1) is 0 Å². The molecule has 4 rings (SSSR count). The van der Waals surface area contributed by atoms with Crippen LogP contribution in [0, 0.1) is 11.8 Å². The predicted molar refractivity (Wildman–Crippen MR) is 127 cm³/mol. The number of amides is 2. The van der Waals surface area contributed by atoms with Crippen LogP contribution in [-0.2, 0) is 9.59 Å². The maximum absolute atomic E-state index is 13.8. The van der Waals surface area contributed by atoms with E-state index < -0.39 is 5.54 Å². The lowest BCUT2D eigenvalue weighted by molar-refractivity contribution is -0.173. The van der Waals surface area contributed by atoms with Gasteiger partial charge in [0.1, 0.15) is 0 Å². The minimum atomic E-state index is -0.393. The smallest absolute Gasteiger partial charge is 0.244 e. The zero-order chi connectivity index (χ0) is 22.7. The van der Waals surface area contributed by atoms with E-state index >= 15 is 0 Å². The van der Waals surface area contributed by atoms with Gasteiger partial charge in [0, 0.05) is 24.2 Å². The molecule has 0 aromatic heterocycles. The zero-order valence-electron chi connectivity index (χ0n) is 20.0. The second kappa shape index (κ2) is 9.68.